The van der Waals surface area contributed by atoms with Crippen LogP contribution in [0.3, 0.4) is 0 Å². The number of nitrogens with one attached hydrogen (secondary N) is 1. The summed E-state index contributed by atoms with van der Waals surface area (Å²) in [6.07, 6.45) is 4.35. The molecule has 266 valence electrons. The zero-order chi connectivity index (χ0) is 36.4. The zero-order valence-electron chi connectivity index (χ0n) is 28.8. The molecule has 3 aliphatic rings. The Morgan fingerprint density at radius 2 is 1.60 bits per heavy atom. The molecular weight excluding hydrogens is 668 g/mol. The number of anilines is 3. The van der Waals surface area contributed by atoms with Crippen LogP contribution in [0.4, 0.5) is 26.0 Å². The maximum absolute atomic E-state index is 13.9. The molecule has 52 heavy (non-hydrogen) atoms. The molecule has 0 aliphatic carbocycles. The molecule has 12 heteroatoms. The molecule has 3 aliphatic heterocycles. The number of carbonyl (C=O) groups excluding carboxylic acids is 3. The third-order valence-electron chi connectivity index (χ3n) is 9.72. The predicted molar refractivity (Wildman–Crippen MR) is 192 cm³/mol. The Bertz CT molecular complexity index is 2120. The molecule has 0 bridgehead atoms. The molecule has 2 saturated heterocycles. The predicted octanol–water partition coefficient (Wildman–Crippen LogP) is 7.28. The number of fused-ring (bicyclic) bond motifs is 3. The van der Waals surface area contributed by atoms with Crippen LogP contribution in [0.25, 0.3) is 11.3 Å². The van der Waals surface area contributed by atoms with E-state index in [4.69, 9.17) is 9.15 Å². The van der Waals surface area contributed by atoms with Crippen molar-refractivity contribution in [3.05, 3.63) is 125 Å². The van der Waals surface area contributed by atoms with Crippen molar-refractivity contribution in [3.8, 4) is 11.3 Å². The zero-order valence-corrected chi connectivity index (χ0v) is 28.8. The number of para-hydroxylation sites is 2. The first-order chi connectivity index (χ1) is 25.1. The Labute approximate surface area is 299 Å². The minimum Gasteiger partial charge on any atom is -0.432 e. The molecule has 2 amide bonds. The second-order valence-electron chi connectivity index (χ2n) is 13.3. The van der Waals surface area contributed by atoms with Gasteiger partial charge in [-0.15, -0.1) is 0 Å². The van der Waals surface area contributed by atoms with Crippen molar-refractivity contribution in [3.63, 3.8) is 0 Å². The minimum absolute atomic E-state index is 0.0889. The van der Waals surface area contributed by atoms with E-state index in [9.17, 15) is 23.2 Å². The third kappa shape index (κ3) is 6.93. The molecular formula is C40H37F2N5O5. The molecule has 0 atom stereocenters. The summed E-state index contributed by atoms with van der Waals surface area (Å²) in [4.78, 5) is 50.1. The van der Waals surface area contributed by atoms with Gasteiger partial charge in [0.2, 0.25) is 0 Å². The number of pyridine rings is 1. The molecule has 5 heterocycles. The van der Waals surface area contributed by atoms with Crippen LogP contribution in [0.15, 0.2) is 89.5 Å². The summed E-state index contributed by atoms with van der Waals surface area (Å²) >= 11 is 0. The van der Waals surface area contributed by atoms with Crippen molar-refractivity contribution in [2.75, 3.05) is 48.0 Å². The lowest BCUT2D eigenvalue weighted by Gasteiger charge is -2.53. The van der Waals surface area contributed by atoms with Crippen LogP contribution in [0.1, 0.15) is 62.4 Å². The van der Waals surface area contributed by atoms with Crippen molar-refractivity contribution in [1.82, 2.24) is 9.97 Å². The monoisotopic (exact) mass is 705 g/mol. The van der Waals surface area contributed by atoms with Gasteiger partial charge in [0.25, 0.3) is 11.8 Å². The number of benzene rings is 3. The smallest absolute Gasteiger partial charge is 0.311 e. The SMILES string of the molecule is CC(=O)c1cccnc1N1CC2(CCOCC2)C1.Cc1ccc(C(=O)N2CCc3nc(C(=O)Nc4c(F)cccc4F)oc3-c3ccccc32)cc1. The number of Topliss-reactive ketones (excluding diaryl/α,β-unsaturated/α-hetero) is 1. The summed E-state index contributed by atoms with van der Waals surface area (Å²) in [5.74, 6) is -1.88. The number of halogens is 2. The molecule has 2 fully saturated rings. The quantitative estimate of drug-likeness (QED) is 0.190. The largest absolute Gasteiger partial charge is 0.432 e. The summed E-state index contributed by atoms with van der Waals surface area (Å²) in [5.41, 5.74) is 3.87. The van der Waals surface area contributed by atoms with Crippen LogP contribution in [-0.2, 0) is 11.2 Å². The van der Waals surface area contributed by atoms with Crippen LogP contribution in [0, 0.1) is 24.0 Å². The average molecular weight is 706 g/mol. The molecule has 2 aromatic heterocycles. The number of carbonyl (C=O) groups is 3. The summed E-state index contributed by atoms with van der Waals surface area (Å²) < 4.78 is 39.1. The lowest BCUT2D eigenvalue weighted by atomic mass is 9.73. The van der Waals surface area contributed by atoms with Crippen LogP contribution >= 0.6 is 0 Å². The summed E-state index contributed by atoms with van der Waals surface area (Å²) in [7, 11) is 0. The van der Waals surface area contributed by atoms with Gasteiger partial charge in [0, 0.05) is 62.0 Å². The van der Waals surface area contributed by atoms with Gasteiger partial charge in [-0.3, -0.25) is 14.4 Å². The molecule has 0 unspecified atom stereocenters. The third-order valence-corrected chi connectivity index (χ3v) is 9.72. The van der Waals surface area contributed by atoms with E-state index in [-0.39, 0.29) is 17.6 Å². The van der Waals surface area contributed by atoms with Gasteiger partial charge in [-0.05, 0) is 75.2 Å². The lowest BCUT2D eigenvalue weighted by Crippen LogP contribution is -2.59. The maximum Gasteiger partial charge on any atom is 0.311 e. The van der Waals surface area contributed by atoms with E-state index in [0.29, 0.717) is 46.6 Å². The van der Waals surface area contributed by atoms with E-state index in [2.05, 4.69) is 20.2 Å². The van der Waals surface area contributed by atoms with Crippen molar-refractivity contribution < 1.29 is 32.3 Å². The Balaban J connectivity index is 0.000000196. The highest BCUT2D eigenvalue weighted by Gasteiger charge is 2.45. The Kier molecular flexibility index (Phi) is 9.65. The first-order valence-corrected chi connectivity index (χ1v) is 17.1. The van der Waals surface area contributed by atoms with Gasteiger partial charge in [0.1, 0.15) is 23.1 Å². The lowest BCUT2D eigenvalue weighted by molar-refractivity contribution is -0.000512. The van der Waals surface area contributed by atoms with Crippen LogP contribution in [0.2, 0.25) is 0 Å². The topological polar surface area (TPSA) is 118 Å². The average Bonchev–Trinajstić information content (AvgIpc) is 3.51. The normalized spacial score (nSPS) is 15.7. The number of amides is 2. The first kappa shape index (κ1) is 34.7. The van der Waals surface area contributed by atoms with Crippen molar-refractivity contribution in [2.45, 2.75) is 33.1 Å². The van der Waals surface area contributed by atoms with Gasteiger partial charge in [-0.2, -0.15) is 0 Å². The van der Waals surface area contributed by atoms with Gasteiger partial charge >= 0.3 is 5.91 Å². The van der Waals surface area contributed by atoms with Crippen molar-refractivity contribution in [2.24, 2.45) is 5.41 Å². The van der Waals surface area contributed by atoms with Crippen LogP contribution in [-0.4, -0.2) is 60.4 Å². The molecule has 10 nitrogen and oxygen atoms in total. The van der Waals surface area contributed by atoms with E-state index >= 15 is 0 Å². The fourth-order valence-corrected chi connectivity index (χ4v) is 6.87. The highest BCUT2D eigenvalue weighted by molar-refractivity contribution is 6.08. The number of aromatic nitrogens is 2. The van der Waals surface area contributed by atoms with Gasteiger partial charge in [-0.1, -0.05) is 35.9 Å². The van der Waals surface area contributed by atoms with Gasteiger partial charge in [0.05, 0.1) is 16.9 Å². The van der Waals surface area contributed by atoms with E-state index in [1.807, 2.05) is 37.3 Å². The van der Waals surface area contributed by atoms with Crippen LogP contribution in [0.5, 0.6) is 0 Å². The Hall–Kier alpha value is -5.75. The molecule has 1 spiro atoms. The van der Waals surface area contributed by atoms with Crippen molar-refractivity contribution >= 4 is 34.8 Å². The second kappa shape index (κ2) is 14.5. The molecule has 1 N–H and O–H groups in total. The molecule has 3 aromatic carbocycles. The second-order valence-corrected chi connectivity index (χ2v) is 13.3. The number of ether oxygens (including phenoxy) is 1. The Morgan fingerprint density at radius 1 is 0.885 bits per heavy atom. The standard InChI is InChI=1S/C26H19F2N3O3.C14H18N2O2/c1-15-9-11-16(12-10-15)26(33)31-14-13-20-23(17-5-2-3-8-21(17)31)34-25(29-20)24(32)30-22-18(27)6-4-7-19(22)28;1-11(17)12-3-2-6-15-13(12)16-9-14(10-16)4-7-18-8-5-14/h2-12H,13-14H2,1H3,(H,30,32);2-3,6H,4-5,7-10H2,1H3. The fraction of sp³-hybridized carbons (Fsp3) is 0.275. The van der Waals surface area contributed by atoms with E-state index in [1.165, 1.54) is 6.07 Å². The summed E-state index contributed by atoms with van der Waals surface area (Å²) in [6, 6.07) is 21.5. The summed E-state index contributed by atoms with van der Waals surface area (Å²) in [5, 5.41) is 2.19. The fourth-order valence-electron chi connectivity index (χ4n) is 6.87. The number of hydrogen-bond donors (Lipinski definition) is 1. The summed E-state index contributed by atoms with van der Waals surface area (Å²) in [6.45, 7) is 7.62. The molecule has 0 radical (unpaired) electrons. The number of nitrogens with zero attached hydrogens (tertiary/aromatic N) is 4. The van der Waals surface area contributed by atoms with Gasteiger partial charge in [-0.25, -0.2) is 18.7 Å². The number of aryl methyl sites for hydroxylation is 1. The number of hydrogen-bond acceptors (Lipinski definition) is 8. The highest BCUT2D eigenvalue weighted by atomic mass is 19.1. The number of ketones is 1. The maximum atomic E-state index is 13.9. The Morgan fingerprint density at radius 3 is 2.31 bits per heavy atom. The van der Waals surface area contributed by atoms with E-state index in [1.54, 1.807) is 48.4 Å². The molecule has 5 aromatic rings. The highest BCUT2D eigenvalue weighted by Crippen LogP contribution is 2.42. The minimum atomic E-state index is -0.905. The number of oxazole rings is 1. The van der Waals surface area contributed by atoms with Gasteiger partial charge in [0.15, 0.2) is 11.5 Å². The van der Waals surface area contributed by atoms with Crippen molar-refractivity contribution in [1.29, 1.82) is 0 Å². The van der Waals surface area contributed by atoms with E-state index < -0.39 is 23.2 Å². The number of rotatable bonds is 5. The molecule has 0 saturated carbocycles. The van der Waals surface area contributed by atoms with Crippen LogP contribution < -0.4 is 15.1 Å². The van der Waals surface area contributed by atoms with E-state index in [0.717, 1.165) is 68.2 Å². The first-order valence-electron chi connectivity index (χ1n) is 17.1. The van der Waals surface area contributed by atoms with Gasteiger partial charge < -0.3 is 24.3 Å². The molecule has 8 rings (SSSR count).